The molecule has 186 valence electrons. The van der Waals surface area contributed by atoms with Gasteiger partial charge in [0.25, 0.3) is 5.91 Å². The summed E-state index contributed by atoms with van der Waals surface area (Å²) in [5.41, 5.74) is 2.47. The van der Waals surface area contributed by atoms with E-state index in [1.807, 2.05) is 24.3 Å². The van der Waals surface area contributed by atoms with Crippen molar-refractivity contribution < 1.29 is 17.9 Å². The van der Waals surface area contributed by atoms with Crippen LogP contribution < -0.4 is 4.74 Å². The third kappa shape index (κ3) is 7.12. The smallest absolute Gasteiger partial charge is 0.254 e. The summed E-state index contributed by atoms with van der Waals surface area (Å²) in [4.78, 5) is 15.2. The Morgan fingerprint density at radius 3 is 2.24 bits per heavy atom. The Bertz CT molecular complexity index is 1060. The summed E-state index contributed by atoms with van der Waals surface area (Å²) in [6.45, 7) is 5.05. The van der Waals surface area contributed by atoms with Crippen LogP contribution in [0.25, 0.3) is 0 Å². The monoisotopic (exact) mass is 525 g/mol. The van der Waals surface area contributed by atoms with Gasteiger partial charge in [-0.2, -0.15) is 0 Å². The van der Waals surface area contributed by atoms with Crippen molar-refractivity contribution in [3.05, 3.63) is 63.1 Å². The number of hydrogen-bond donors (Lipinski definition) is 0. The van der Waals surface area contributed by atoms with Gasteiger partial charge in [-0.05, 0) is 42.5 Å². The maximum absolute atomic E-state index is 13.6. The maximum Gasteiger partial charge on any atom is 0.254 e. The highest BCUT2D eigenvalue weighted by molar-refractivity contribution is 7.91. The van der Waals surface area contributed by atoms with Crippen molar-refractivity contribution in [3.63, 3.8) is 0 Å². The first-order chi connectivity index (χ1) is 16.2. The predicted molar refractivity (Wildman–Crippen MR) is 139 cm³/mol. The van der Waals surface area contributed by atoms with Crippen molar-refractivity contribution in [2.75, 3.05) is 18.1 Å². The normalized spacial score (nSPS) is 17.0. The lowest BCUT2D eigenvalue weighted by Crippen LogP contribution is -2.40. The summed E-state index contributed by atoms with van der Waals surface area (Å²) < 4.78 is 30.1. The van der Waals surface area contributed by atoms with Crippen molar-refractivity contribution in [2.24, 2.45) is 0 Å². The number of carbonyl (C=O) groups excluding carboxylic acids is 1. The van der Waals surface area contributed by atoms with Crippen LogP contribution in [0.15, 0.2) is 36.4 Å². The Kier molecular flexibility index (Phi) is 9.69. The highest BCUT2D eigenvalue weighted by Gasteiger charge is 2.35. The van der Waals surface area contributed by atoms with Crippen molar-refractivity contribution in [2.45, 2.75) is 65.0 Å². The quantitative estimate of drug-likeness (QED) is 0.321. The van der Waals surface area contributed by atoms with Gasteiger partial charge in [-0.15, -0.1) is 0 Å². The van der Waals surface area contributed by atoms with Crippen LogP contribution in [0.3, 0.4) is 0 Å². The lowest BCUT2D eigenvalue weighted by molar-refractivity contribution is 0.0681. The number of hydrogen-bond acceptors (Lipinski definition) is 4. The molecule has 0 bridgehead atoms. The summed E-state index contributed by atoms with van der Waals surface area (Å²) in [5, 5.41) is 0.551. The van der Waals surface area contributed by atoms with Gasteiger partial charge in [-0.1, -0.05) is 80.6 Å². The largest absolute Gasteiger partial charge is 0.490 e. The van der Waals surface area contributed by atoms with Gasteiger partial charge in [-0.3, -0.25) is 4.79 Å². The van der Waals surface area contributed by atoms with Crippen molar-refractivity contribution in [1.82, 2.24) is 4.90 Å². The molecule has 1 saturated heterocycles. The molecule has 0 spiro atoms. The molecule has 5 nitrogen and oxygen atoms in total. The van der Waals surface area contributed by atoms with E-state index in [0.29, 0.717) is 30.9 Å². The predicted octanol–water partition coefficient (Wildman–Crippen LogP) is 6.34. The van der Waals surface area contributed by atoms with Crippen molar-refractivity contribution in [3.8, 4) is 5.75 Å². The molecule has 0 radical (unpaired) electrons. The van der Waals surface area contributed by atoms with E-state index >= 15 is 0 Å². The molecule has 1 heterocycles. The zero-order valence-electron chi connectivity index (χ0n) is 19.9. The Morgan fingerprint density at radius 2 is 1.68 bits per heavy atom. The van der Waals surface area contributed by atoms with E-state index in [1.54, 1.807) is 17.0 Å². The molecule has 0 N–H and O–H groups in total. The molecule has 8 heteroatoms. The SMILES string of the molecule is CCCCCCOc1c(Cl)cc(C(=O)N(Cc2ccc(CC)cc2)C2CCS(=O)(=O)C2)cc1Cl. The van der Waals surface area contributed by atoms with Crippen LogP contribution in [0.4, 0.5) is 0 Å². The lowest BCUT2D eigenvalue weighted by Gasteiger charge is -2.29. The van der Waals surface area contributed by atoms with Gasteiger partial charge in [-0.25, -0.2) is 8.42 Å². The molecular formula is C26H33Cl2NO4S. The minimum absolute atomic E-state index is 0.0355. The standard InChI is InChI=1S/C26H33Cl2NO4S/c1-3-5-6-7-13-33-25-23(27)15-21(16-24(25)28)26(30)29(22-12-14-34(31,32)18-22)17-20-10-8-19(4-2)9-11-20/h8-11,15-16,22H,3-7,12-14,17-18H2,1-2H3. The van der Waals surface area contributed by atoms with Crippen LogP contribution >= 0.6 is 23.2 Å². The van der Waals surface area contributed by atoms with Crippen molar-refractivity contribution >= 4 is 38.9 Å². The Labute approximate surface area is 213 Å². The number of carbonyl (C=O) groups is 1. The number of benzene rings is 2. The van der Waals surface area contributed by atoms with Crippen LogP contribution in [0.5, 0.6) is 5.75 Å². The van der Waals surface area contributed by atoms with E-state index in [9.17, 15) is 13.2 Å². The summed E-state index contributed by atoms with van der Waals surface area (Å²) in [6, 6.07) is 10.8. The minimum Gasteiger partial charge on any atom is -0.490 e. The average molecular weight is 527 g/mol. The molecule has 2 aromatic carbocycles. The van der Waals surface area contributed by atoms with Gasteiger partial charge in [0.05, 0.1) is 28.2 Å². The Hall–Kier alpha value is -1.76. The van der Waals surface area contributed by atoms with Gasteiger partial charge in [0.15, 0.2) is 15.6 Å². The van der Waals surface area contributed by atoms with E-state index in [1.165, 1.54) is 5.56 Å². The second-order valence-electron chi connectivity index (χ2n) is 8.84. The molecule has 3 rings (SSSR count). The highest BCUT2D eigenvalue weighted by atomic mass is 35.5. The number of amides is 1. The maximum atomic E-state index is 13.6. The third-order valence-electron chi connectivity index (χ3n) is 6.18. The molecule has 1 amide bonds. The number of ether oxygens (including phenoxy) is 1. The number of nitrogens with zero attached hydrogens (tertiary/aromatic N) is 1. The second-order valence-corrected chi connectivity index (χ2v) is 11.9. The topological polar surface area (TPSA) is 63.7 Å². The molecule has 34 heavy (non-hydrogen) atoms. The van der Waals surface area contributed by atoms with E-state index in [4.69, 9.17) is 27.9 Å². The number of unbranched alkanes of at least 4 members (excludes halogenated alkanes) is 3. The van der Waals surface area contributed by atoms with Gasteiger partial charge in [0.2, 0.25) is 0 Å². The third-order valence-corrected chi connectivity index (χ3v) is 8.50. The molecular weight excluding hydrogens is 493 g/mol. The van der Waals surface area contributed by atoms with Crippen LogP contribution in [-0.4, -0.2) is 43.4 Å². The molecule has 0 aliphatic carbocycles. The lowest BCUT2D eigenvalue weighted by atomic mass is 10.1. The van der Waals surface area contributed by atoms with E-state index < -0.39 is 15.9 Å². The van der Waals surface area contributed by atoms with E-state index in [0.717, 1.165) is 37.7 Å². The van der Waals surface area contributed by atoms with Gasteiger partial charge in [0.1, 0.15) is 0 Å². The number of aryl methyl sites for hydroxylation is 1. The van der Waals surface area contributed by atoms with Gasteiger partial charge < -0.3 is 9.64 Å². The van der Waals surface area contributed by atoms with E-state index in [2.05, 4.69) is 13.8 Å². The van der Waals surface area contributed by atoms with Gasteiger partial charge >= 0.3 is 0 Å². The molecule has 2 aromatic rings. The van der Waals surface area contributed by atoms with Crippen LogP contribution in [0, 0.1) is 0 Å². The fraction of sp³-hybridized carbons (Fsp3) is 0.500. The van der Waals surface area contributed by atoms with E-state index in [-0.39, 0.29) is 27.5 Å². The molecule has 1 fully saturated rings. The summed E-state index contributed by atoms with van der Waals surface area (Å²) >= 11 is 12.9. The number of sulfone groups is 1. The Balaban J connectivity index is 1.82. The zero-order chi connectivity index (χ0) is 24.7. The first-order valence-electron chi connectivity index (χ1n) is 11.9. The minimum atomic E-state index is -3.17. The number of rotatable bonds is 11. The molecule has 0 aromatic heterocycles. The Morgan fingerprint density at radius 1 is 1.03 bits per heavy atom. The fourth-order valence-electron chi connectivity index (χ4n) is 4.16. The molecule has 0 saturated carbocycles. The van der Waals surface area contributed by atoms with Gasteiger partial charge in [0, 0.05) is 18.2 Å². The molecule has 1 atom stereocenters. The number of halogens is 2. The molecule has 1 aliphatic heterocycles. The summed E-state index contributed by atoms with van der Waals surface area (Å²) in [6.07, 6.45) is 5.60. The van der Waals surface area contributed by atoms with Crippen LogP contribution in [0.1, 0.15) is 67.4 Å². The molecule has 1 aliphatic rings. The first kappa shape index (κ1) is 26.8. The fourth-order valence-corrected chi connectivity index (χ4v) is 6.48. The average Bonchev–Trinajstić information content (AvgIpc) is 3.17. The first-order valence-corrected chi connectivity index (χ1v) is 14.5. The molecule has 1 unspecified atom stereocenters. The zero-order valence-corrected chi connectivity index (χ0v) is 22.2. The highest BCUT2D eigenvalue weighted by Crippen LogP contribution is 2.35. The second kappa shape index (κ2) is 12.3. The van der Waals surface area contributed by atoms with Crippen LogP contribution in [-0.2, 0) is 22.8 Å². The summed E-state index contributed by atoms with van der Waals surface area (Å²) in [5.74, 6) is 0.135. The van der Waals surface area contributed by atoms with Crippen molar-refractivity contribution in [1.29, 1.82) is 0 Å². The van der Waals surface area contributed by atoms with Crippen LogP contribution in [0.2, 0.25) is 10.0 Å². The summed E-state index contributed by atoms with van der Waals surface area (Å²) in [7, 11) is -3.17.